The van der Waals surface area contributed by atoms with E-state index in [1.807, 2.05) is 42.5 Å². The molecule has 0 aliphatic carbocycles. The third kappa shape index (κ3) is 4.77. The van der Waals surface area contributed by atoms with Gasteiger partial charge in [0.05, 0.1) is 17.6 Å². The fourth-order valence-electron chi connectivity index (χ4n) is 2.38. The van der Waals surface area contributed by atoms with Crippen LogP contribution in [0.5, 0.6) is 0 Å². The van der Waals surface area contributed by atoms with Crippen molar-refractivity contribution >= 4 is 17.7 Å². The van der Waals surface area contributed by atoms with Crippen molar-refractivity contribution in [3.8, 4) is 11.3 Å². The molecule has 0 saturated carbocycles. The van der Waals surface area contributed by atoms with Crippen LogP contribution in [0.1, 0.15) is 12.8 Å². The average Bonchev–Trinajstić information content (AvgIpc) is 3.13. The number of carbonyl (C=O) groups excluding carboxylic acids is 1. The van der Waals surface area contributed by atoms with Crippen LogP contribution in [0.3, 0.4) is 0 Å². The number of nitrogens with zero attached hydrogens (tertiary/aromatic N) is 2. The van der Waals surface area contributed by atoms with E-state index >= 15 is 0 Å². The van der Waals surface area contributed by atoms with Crippen LogP contribution >= 0.6 is 11.8 Å². The van der Waals surface area contributed by atoms with Crippen LogP contribution in [-0.4, -0.2) is 41.1 Å². The highest BCUT2D eigenvalue weighted by Crippen LogP contribution is 2.19. The highest BCUT2D eigenvalue weighted by atomic mass is 32.2. The number of benzene rings is 1. The summed E-state index contributed by atoms with van der Waals surface area (Å²) in [7, 11) is 0. The molecular weight excluding hydrogens is 310 g/mol. The van der Waals surface area contributed by atoms with Crippen LogP contribution in [0.15, 0.2) is 47.5 Å². The summed E-state index contributed by atoms with van der Waals surface area (Å²) in [4.78, 5) is 11.8. The zero-order chi connectivity index (χ0) is 15.9. The van der Waals surface area contributed by atoms with E-state index in [0.29, 0.717) is 12.3 Å². The molecule has 1 aliphatic rings. The second-order valence-electron chi connectivity index (χ2n) is 5.35. The van der Waals surface area contributed by atoms with E-state index in [2.05, 4.69) is 15.5 Å². The van der Waals surface area contributed by atoms with Gasteiger partial charge in [-0.2, -0.15) is 0 Å². The molecule has 2 heterocycles. The number of hydrogen-bond acceptors (Lipinski definition) is 5. The fraction of sp³-hybridized carbons (Fsp3) is 0.353. The maximum atomic E-state index is 11.8. The molecule has 1 N–H and O–H groups in total. The van der Waals surface area contributed by atoms with Gasteiger partial charge in [0, 0.05) is 18.7 Å². The zero-order valence-corrected chi connectivity index (χ0v) is 13.6. The molecule has 3 rings (SSSR count). The van der Waals surface area contributed by atoms with Gasteiger partial charge in [-0.1, -0.05) is 42.1 Å². The van der Waals surface area contributed by atoms with Gasteiger partial charge in [0.1, 0.15) is 5.03 Å². The minimum atomic E-state index is -0.000522. The molecule has 1 atom stereocenters. The molecule has 1 aliphatic heterocycles. The van der Waals surface area contributed by atoms with Gasteiger partial charge in [-0.05, 0) is 25.0 Å². The Hall–Kier alpha value is -1.92. The Labute approximate surface area is 139 Å². The molecule has 120 valence electrons. The minimum absolute atomic E-state index is 0.000522. The van der Waals surface area contributed by atoms with Crippen LogP contribution in [-0.2, 0) is 9.53 Å². The maximum absolute atomic E-state index is 11.8. The smallest absolute Gasteiger partial charge is 0.230 e. The van der Waals surface area contributed by atoms with Crippen molar-refractivity contribution in [2.24, 2.45) is 0 Å². The van der Waals surface area contributed by atoms with Crippen molar-refractivity contribution in [2.45, 2.75) is 24.0 Å². The first-order valence-electron chi connectivity index (χ1n) is 7.71. The number of thioether (sulfide) groups is 1. The Kier molecular flexibility index (Phi) is 5.60. The van der Waals surface area contributed by atoms with Crippen LogP contribution in [0.25, 0.3) is 11.3 Å². The molecule has 1 fully saturated rings. The van der Waals surface area contributed by atoms with Crippen LogP contribution in [0.2, 0.25) is 0 Å². The Morgan fingerprint density at radius 2 is 2.09 bits per heavy atom. The lowest BCUT2D eigenvalue weighted by molar-refractivity contribution is -0.119. The van der Waals surface area contributed by atoms with Gasteiger partial charge in [-0.15, -0.1) is 10.2 Å². The van der Waals surface area contributed by atoms with Crippen molar-refractivity contribution < 1.29 is 9.53 Å². The number of carbonyl (C=O) groups is 1. The second-order valence-corrected chi connectivity index (χ2v) is 6.35. The van der Waals surface area contributed by atoms with Gasteiger partial charge in [-0.3, -0.25) is 4.79 Å². The summed E-state index contributed by atoms with van der Waals surface area (Å²) >= 11 is 1.39. The Morgan fingerprint density at radius 3 is 2.78 bits per heavy atom. The van der Waals surface area contributed by atoms with Crippen molar-refractivity contribution in [2.75, 3.05) is 18.9 Å². The summed E-state index contributed by atoms with van der Waals surface area (Å²) in [5, 5.41) is 12.0. The van der Waals surface area contributed by atoms with Gasteiger partial charge < -0.3 is 10.1 Å². The molecule has 0 unspecified atom stereocenters. The number of aromatic nitrogens is 2. The molecule has 2 aromatic rings. The van der Waals surface area contributed by atoms with E-state index < -0.39 is 0 Å². The van der Waals surface area contributed by atoms with E-state index in [-0.39, 0.29) is 12.0 Å². The fourth-order valence-corrected chi connectivity index (χ4v) is 3.03. The van der Waals surface area contributed by atoms with Crippen molar-refractivity contribution in [3.63, 3.8) is 0 Å². The van der Waals surface area contributed by atoms with E-state index in [9.17, 15) is 4.79 Å². The summed E-state index contributed by atoms with van der Waals surface area (Å²) < 4.78 is 5.48. The van der Waals surface area contributed by atoms with Gasteiger partial charge in [0.15, 0.2) is 0 Å². The van der Waals surface area contributed by atoms with Crippen LogP contribution < -0.4 is 5.32 Å². The lowest BCUT2D eigenvalue weighted by Gasteiger charge is -2.10. The topological polar surface area (TPSA) is 64.1 Å². The SMILES string of the molecule is O=C(CSc1ccc(-c2ccccc2)nn1)NC[C@@H]1CCCO1. The minimum Gasteiger partial charge on any atom is -0.376 e. The molecule has 1 amide bonds. The van der Waals surface area contributed by atoms with Crippen molar-refractivity contribution in [1.29, 1.82) is 0 Å². The number of rotatable bonds is 6. The number of nitrogens with one attached hydrogen (secondary N) is 1. The highest BCUT2D eigenvalue weighted by Gasteiger charge is 2.16. The zero-order valence-electron chi connectivity index (χ0n) is 12.8. The second kappa shape index (κ2) is 8.08. The highest BCUT2D eigenvalue weighted by molar-refractivity contribution is 7.99. The number of ether oxygens (including phenoxy) is 1. The first-order valence-corrected chi connectivity index (χ1v) is 8.70. The first-order chi connectivity index (χ1) is 11.3. The van der Waals surface area contributed by atoms with E-state index in [1.54, 1.807) is 0 Å². The van der Waals surface area contributed by atoms with E-state index in [4.69, 9.17) is 4.74 Å². The molecular formula is C17H19N3O2S. The molecule has 1 aromatic heterocycles. The Bertz CT molecular complexity index is 628. The predicted molar refractivity (Wildman–Crippen MR) is 90.2 cm³/mol. The Morgan fingerprint density at radius 1 is 1.22 bits per heavy atom. The third-order valence-electron chi connectivity index (χ3n) is 3.61. The van der Waals surface area contributed by atoms with Gasteiger partial charge in [0.25, 0.3) is 0 Å². The first kappa shape index (κ1) is 16.0. The molecule has 0 spiro atoms. The molecule has 23 heavy (non-hydrogen) atoms. The number of amides is 1. The van der Waals surface area contributed by atoms with Crippen molar-refractivity contribution in [3.05, 3.63) is 42.5 Å². The summed E-state index contributed by atoms with van der Waals surface area (Å²) in [6, 6.07) is 13.7. The van der Waals surface area contributed by atoms with E-state index in [0.717, 1.165) is 35.7 Å². The van der Waals surface area contributed by atoms with Gasteiger partial charge in [-0.25, -0.2) is 0 Å². The maximum Gasteiger partial charge on any atom is 0.230 e. The molecule has 6 heteroatoms. The molecule has 0 radical (unpaired) electrons. The molecule has 0 bridgehead atoms. The van der Waals surface area contributed by atoms with Crippen molar-refractivity contribution in [1.82, 2.24) is 15.5 Å². The largest absolute Gasteiger partial charge is 0.376 e. The summed E-state index contributed by atoms with van der Waals surface area (Å²) in [5.41, 5.74) is 1.86. The third-order valence-corrected chi connectivity index (χ3v) is 4.53. The summed E-state index contributed by atoms with van der Waals surface area (Å²) in [5.74, 6) is 0.339. The normalized spacial score (nSPS) is 17.1. The standard InChI is InChI=1S/C17H19N3O2S/c21-16(18-11-14-7-4-10-22-14)12-23-17-9-8-15(19-20-17)13-5-2-1-3-6-13/h1-3,5-6,8-9,14H,4,7,10-12H2,(H,18,21)/t14-/m0/s1. The molecule has 1 saturated heterocycles. The molecule has 5 nitrogen and oxygen atoms in total. The van der Waals surface area contributed by atoms with Gasteiger partial charge in [0.2, 0.25) is 5.91 Å². The summed E-state index contributed by atoms with van der Waals surface area (Å²) in [6.07, 6.45) is 2.28. The predicted octanol–water partition coefficient (Wildman–Crippen LogP) is 2.53. The van der Waals surface area contributed by atoms with Crippen LogP contribution in [0.4, 0.5) is 0 Å². The quantitative estimate of drug-likeness (QED) is 0.825. The van der Waals surface area contributed by atoms with Crippen LogP contribution in [0, 0.1) is 0 Å². The molecule has 1 aromatic carbocycles. The average molecular weight is 329 g/mol. The Balaban J connectivity index is 1.45. The van der Waals surface area contributed by atoms with Gasteiger partial charge >= 0.3 is 0 Å². The lowest BCUT2D eigenvalue weighted by atomic mass is 10.1. The number of hydrogen-bond donors (Lipinski definition) is 1. The lowest BCUT2D eigenvalue weighted by Crippen LogP contribution is -2.32. The summed E-state index contributed by atoms with van der Waals surface area (Å²) in [6.45, 7) is 1.40. The van der Waals surface area contributed by atoms with E-state index in [1.165, 1.54) is 11.8 Å². The monoisotopic (exact) mass is 329 g/mol.